The van der Waals surface area contributed by atoms with Crippen molar-refractivity contribution in [2.75, 3.05) is 32.0 Å². The van der Waals surface area contributed by atoms with Crippen molar-refractivity contribution in [2.45, 2.75) is 31.8 Å². The SMILES string of the molecule is COC(=O)CC[C@H](NC(=O)Cc1ccc2oc(-c3ccc(NCc4ccc(NC(=O)c5ccc(OC)c(Br)c5)cc4)c(F)c3)nc2c1)C(=O)OC. The van der Waals surface area contributed by atoms with Gasteiger partial charge in [0.2, 0.25) is 11.8 Å². The van der Waals surface area contributed by atoms with Gasteiger partial charge in [0, 0.05) is 29.8 Å². The minimum absolute atomic E-state index is 0.0287. The Bertz CT molecular complexity index is 2070. The van der Waals surface area contributed by atoms with Gasteiger partial charge in [0.15, 0.2) is 5.58 Å². The Balaban J connectivity index is 1.17. The number of anilines is 2. The Labute approximate surface area is 300 Å². The highest BCUT2D eigenvalue weighted by molar-refractivity contribution is 9.10. The van der Waals surface area contributed by atoms with Crippen molar-refractivity contribution in [3.05, 3.63) is 106 Å². The number of carbonyl (C=O) groups excluding carboxylic acids is 4. The molecule has 14 heteroatoms. The maximum absolute atomic E-state index is 15.2. The molecule has 0 bridgehead atoms. The number of aromatic nitrogens is 1. The van der Waals surface area contributed by atoms with Gasteiger partial charge >= 0.3 is 11.9 Å². The second-order valence-electron chi connectivity index (χ2n) is 11.3. The molecule has 4 aromatic carbocycles. The molecule has 2 amide bonds. The maximum Gasteiger partial charge on any atom is 0.328 e. The quantitative estimate of drug-likeness (QED) is 0.108. The van der Waals surface area contributed by atoms with E-state index in [9.17, 15) is 19.2 Å². The first-order valence-corrected chi connectivity index (χ1v) is 16.5. The lowest BCUT2D eigenvalue weighted by Gasteiger charge is -2.16. The van der Waals surface area contributed by atoms with Crippen LogP contribution in [0, 0.1) is 5.82 Å². The average Bonchev–Trinajstić information content (AvgIpc) is 3.56. The van der Waals surface area contributed by atoms with E-state index in [0.717, 1.165) is 5.56 Å². The van der Waals surface area contributed by atoms with Gasteiger partial charge in [-0.05, 0) is 94.1 Å². The molecule has 1 aromatic heterocycles. The number of nitrogens with zero attached hydrogens (tertiary/aromatic N) is 1. The number of esters is 2. The van der Waals surface area contributed by atoms with E-state index in [2.05, 4.69) is 41.6 Å². The summed E-state index contributed by atoms with van der Waals surface area (Å²) in [5.41, 5.74) is 4.16. The summed E-state index contributed by atoms with van der Waals surface area (Å²) in [4.78, 5) is 53.5. The monoisotopic (exact) mass is 760 g/mol. The van der Waals surface area contributed by atoms with E-state index in [4.69, 9.17) is 13.9 Å². The fourth-order valence-corrected chi connectivity index (χ4v) is 5.64. The first-order valence-electron chi connectivity index (χ1n) is 15.7. The van der Waals surface area contributed by atoms with Crippen molar-refractivity contribution in [3.8, 4) is 17.2 Å². The highest BCUT2D eigenvalue weighted by Crippen LogP contribution is 2.29. The molecule has 0 saturated heterocycles. The Kier molecular flexibility index (Phi) is 12.0. The number of methoxy groups -OCH3 is 3. The fourth-order valence-electron chi connectivity index (χ4n) is 5.10. The molecule has 5 aromatic rings. The molecule has 0 aliphatic heterocycles. The number of fused-ring (bicyclic) bond motifs is 1. The molecule has 0 aliphatic rings. The second kappa shape index (κ2) is 16.8. The number of nitrogens with one attached hydrogen (secondary N) is 3. The molecule has 12 nitrogen and oxygen atoms in total. The van der Waals surface area contributed by atoms with E-state index in [1.165, 1.54) is 20.3 Å². The lowest BCUT2D eigenvalue weighted by molar-refractivity contribution is -0.146. The minimum Gasteiger partial charge on any atom is -0.496 e. The number of ether oxygens (including phenoxy) is 3. The summed E-state index contributed by atoms with van der Waals surface area (Å²) in [6, 6.07) is 20.9. The van der Waals surface area contributed by atoms with Crippen LogP contribution in [0.1, 0.15) is 34.3 Å². The van der Waals surface area contributed by atoms with Gasteiger partial charge in [-0.15, -0.1) is 0 Å². The first-order chi connectivity index (χ1) is 24.6. The number of benzene rings is 4. The predicted octanol–water partition coefficient (Wildman–Crippen LogP) is 6.42. The third-order valence-electron chi connectivity index (χ3n) is 7.83. The Morgan fingerprint density at radius 1 is 0.902 bits per heavy atom. The number of hydrogen-bond donors (Lipinski definition) is 3. The molecule has 1 atom stereocenters. The van der Waals surface area contributed by atoms with E-state index in [1.54, 1.807) is 67.8 Å². The normalized spacial score (nSPS) is 11.4. The van der Waals surface area contributed by atoms with Crippen molar-refractivity contribution < 1.29 is 42.2 Å². The Hall–Kier alpha value is -5.76. The van der Waals surface area contributed by atoms with Crippen molar-refractivity contribution in [1.29, 1.82) is 0 Å². The first kappa shape index (κ1) is 36.5. The number of amides is 2. The highest BCUT2D eigenvalue weighted by atomic mass is 79.9. The van der Waals surface area contributed by atoms with Crippen LogP contribution in [0.3, 0.4) is 0 Å². The summed E-state index contributed by atoms with van der Waals surface area (Å²) in [6.45, 7) is 0.334. The third kappa shape index (κ3) is 9.48. The summed E-state index contributed by atoms with van der Waals surface area (Å²) in [7, 11) is 3.98. The van der Waals surface area contributed by atoms with Gasteiger partial charge < -0.3 is 34.6 Å². The van der Waals surface area contributed by atoms with Gasteiger partial charge in [-0.3, -0.25) is 14.4 Å². The molecule has 0 aliphatic carbocycles. The lowest BCUT2D eigenvalue weighted by Crippen LogP contribution is -2.42. The predicted molar refractivity (Wildman–Crippen MR) is 191 cm³/mol. The number of hydrogen-bond acceptors (Lipinski definition) is 10. The Morgan fingerprint density at radius 3 is 2.35 bits per heavy atom. The van der Waals surface area contributed by atoms with E-state index in [1.807, 2.05) is 12.1 Å². The molecular formula is C37H34BrFN4O8. The summed E-state index contributed by atoms with van der Waals surface area (Å²) in [6.07, 6.45) is -0.109. The zero-order chi connectivity index (χ0) is 36.5. The van der Waals surface area contributed by atoms with E-state index < -0.39 is 29.7 Å². The molecule has 0 unspecified atom stereocenters. The van der Waals surface area contributed by atoms with Crippen molar-refractivity contribution in [1.82, 2.24) is 10.3 Å². The van der Waals surface area contributed by atoms with E-state index >= 15 is 4.39 Å². The maximum atomic E-state index is 15.2. The molecule has 0 radical (unpaired) electrons. The van der Waals surface area contributed by atoms with E-state index in [0.29, 0.717) is 50.2 Å². The summed E-state index contributed by atoms with van der Waals surface area (Å²) in [5, 5.41) is 8.53. The van der Waals surface area contributed by atoms with Crippen molar-refractivity contribution in [3.63, 3.8) is 0 Å². The number of oxazole rings is 1. The smallest absolute Gasteiger partial charge is 0.328 e. The van der Waals surface area contributed by atoms with Crippen molar-refractivity contribution in [2.24, 2.45) is 0 Å². The van der Waals surface area contributed by atoms with Crippen LogP contribution in [-0.4, -0.2) is 56.1 Å². The van der Waals surface area contributed by atoms with Gasteiger partial charge in [0.05, 0.1) is 37.9 Å². The largest absolute Gasteiger partial charge is 0.496 e. The second-order valence-corrected chi connectivity index (χ2v) is 12.2. The summed E-state index contributed by atoms with van der Waals surface area (Å²) < 4.78 is 36.2. The van der Waals surface area contributed by atoms with Crippen LogP contribution < -0.4 is 20.7 Å². The van der Waals surface area contributed by atoms with Crippen LogP contribution in [0.25, 0.3) is 22.6 Å². The van der Waals surface area contributed by atoms with E-state index in [-0.39, 0.29) is 36.7 Å². The molecular weight excluding hydrogens is 727 g/mol. The molecule has 3 N–H and O–H groups in total. The fraction of sp³-hybridized carbons (Fsp3) is 0.216. The molecule has 0 saturated carbocycles. The molecule has 0 spiro atoms. The average molecular weight is 762 g/mol. The molecule has 51 heavy (non-hydrogen) atoms. The van der Waals surface area contributed by atoms with Gasteiger partial charge in [0.25, 0.3) is 5.91 Å². The van der Waals surface area contributed by atoms with Crippen LogP contribution in [0.5, 0.6) is 5.75 Å². The molecule has 5 rings (SSSR count). The zero-order valence-electron chi connectivity index (χ0n) is 27.9. The number of halogens is 2. The standard InChI is InChI=1S/C37H34BrFN4O8/c1-48-31-14-8-23(18-26(31)38)35(46)41-25-9-4-21(5-10-25)20-40-28-11-7-24(19-27(28)39)36-43-30-16-22(6-13-32(30)51-36)17-33(44)42-29(37(47)50-3)12-15-34(45)49-2/h4-11,13-14,16,18-19,29,40H,12,15,17,20H2,1-3H3,(H,41,46)(H,42,44)/t29-/m0/s1. The number of carbonyl (C=O) groups is 4. The minimum atomic E-state index is -1.01. The van der Waals surface area contributed by atoms with Gasteiger partial charge in [-0.1, -0.05) is 18.2 Å². The molecule has 0 fully saturated rings. The van der Waals surface area contributed by atoms with Crippen molar-refractivity contribution >= 4 is 62.2 Å². The third-order valence-corrected chi connectivity index (χ3v) is 8.45. The van der Waals surface area contributed by atoms with Crippen LogP contribution in [-0.2, 0) is 36.8 Å². The molecule has 264 valence electrons. The van der Waals surface area contributed by atoms with Crippen LogP contribution in [0.15, 0.2) is 87.8 Å². The van der Waals surface area contributed by atoms with Gasteiger partial charge in [0.1, 0.15) is 23.1 Å². The summed E-state index contributed by atoms with van der Waals surface area (Å²) in [5.74, 6) is -1.59. The van der Waals surface area contributed by atoms with Crippen LogP contribution >= 0.6 is 15.9 Å². The highest BCUT2D eigenvalue weighted by Gasteiger charge is 2.23. The lowest BCUT2D eigenvalue weighted by atomic mass is 10.1. The van der Waals surface area contributed by atoms with Crippen LogP contribution in [0.2, 0.25) is 0 Å². The topological polar surface area (TPSA) is 158 Å². The van der Waals surface area contributed by atoms with Gasteiger partial charge in [-0.25, -0.2) is 14.2 Å². The van der Waals surface area contributed by atoms with Gasteiger partial charge in [-0.2, -0.15) is 0 Å². The number of rotatable bonds is 14. The van der Waals surface area contributed by atoms with Crippen LogP contribution in [0.4, 0.5) is 15.8 Å². The zero-order valence-corrected chi connectivity index (χ0v) is 29.5. The molecule has 1 heterocycles. The summed E-state index contributed by atoms with van der Waals surface area (Å²) >= 11 is 3.38. The Morgan fingerprint density at radius 2 is 1.67 bits per heavy atom.